The highest BCUT2D eigenvalue weighted by Crippen LogP contribution is 2.67. The highest BCUT2D eigenvalue weighted by molar-refractivity contribution is 7.80. The first-order chi connectivity index (χ1) is 44.9. The van der Waals surface area contributed by atoms with Gasteiger partial charge in [0.15, 0.2) is 37.7 Å². The lowest BCUT2D eigenvalue weighted by molar-refractivity contribution is -0.402. The summed E-state index contributed by atoms with van der Waals surface area (Å²) in [5.74, 6) is -0.936. The molecule has 0 aromatic carbocycles. The zero-order valence-corrected chi connectivity index (χ0v) is 55.7. The molecule has 0 bridgehead atoms. The number of rotatable bonds is 21. The Hall–Kier alpha value is -1.84. The van der Waals surface area contributed by atoms with Gasteiger partial charge >= 0.3 is 10.4 Å². The van der Waals surface area contributed by atoms with Gasteiger partial charge in [-0.15, -0.1) is 0 Å². The van der Waals surface area contributed by atoms with Crippen molar-refractivity contribution in [1.29, 1.82) is 0 Å². The fraction of sp³-hybridized carbons (Fsp3) is 0.952. The molecule has 6 heterocycles. The lowest BCUT2D eigenvalue weighted by atomic mass is 9.47. The number of hydrogen-bond donors (Lipinski definition) is 17. The average Bonchev–Trinajstić information content (AvgIpc) is 1.33. The van der Waals surface area contributed by atoms with Crippen molar-refractivity contribution in [3.05, 3.63) is 11.6 Å². The first-order valence-electron chi connectivity index (χ1n) is 33.4. The quantitative estimate of drug-likeness (QED) is 0.0379. The van der Waals surface area contributed by atoms with E-state index in [1.54, 1.807) is 6.92 Å². The molecule has 10 rings (SSSR count). The van der Waals surface area contributed by atoms with Crippen molar-refractivity contribution in [2.75, 3.05) is 19.8 Å². The number of fused-ring (bicyclic) bond motifs is 5. The van der Waals surface area contributed by atoms with E-state index in [1.807, 2.05) is 13.8 Å². The van der Waals surface area contributed by atoms with Gasteiger partial charge in [0.25, 0.3) is 0 Å². The summed E-state index contributed by atoms with van der Waals surface area (Å²) in [6, 6.07) is 0. The second kappa shape index (κ2) is 30.1. The molecule has 6 aliphatic heterocycles. The van der Waals surface area contributed by atoms with Crippen molar-refractivity contribution in [1.82, 2.24) is 0 Å². The Kier molecular flexibility index (Phi) is 24.1. The summed E-state index contributed by atoms with van der Waals surface area (Å²) >= 11 is 0. The molecule has 17 N–H and O–H groups in total. The summed E-state index contributed by atoms with van der Waals surface area (Å²) in [6.45, 7) is 11.5. The van der Waals surface area contributed by atoms with Crippen LogP contribution in [0.5, 0.6) is 0 Å². The molecule has 34 heteroatoms. The normalized spacial score (nSPS) is 51.6. The van der Waals surface area contributed by atoms with Crippen LogP contribution in [0.25, 0.3) is 0 Å². The van der Waals surface area contributed by atoms with Crippen molar-refractivity contribution >= 4 is 16.2 Å². The van der Waals surface area contributed by atoms with Crippen molar-refractivity contribution in [3.63, 3.8) is 0 Å². The van der Waals surface area contributed by atoms with Gasteiger partial charge < -0.3 is 139 Å². The van der Waals surface area contributed by atoms with Gasteiger partial charge in [-0.1, -0.05) is 39.3 Å². The van der Waals surface area contributed by atoms with Crippen molar-refractivity contribution in [3.8, 4) is 0 Å². The maximum absolute atomic E-state index is 13.3. The van der Waals surface area contributed by atoms with E-state index in [-0.39, 0.29) is 48.7 Å². The Morgan fingerprint density at radius 3 is 1.70 bits per heavy atom. The minimum atomic E-state index is -4.91. The number of allylic oxidation sites excluding steroid dienone is 2. The summed E-state index contributed by atoms with van der Waals surface area (Å²) in [7, 11) is -4.91. The van der Waals surface area contributed by atoms with Crippen molar-refractivity contribution in [2.45, 2.75) is 309 Å². The Balaban J connectivity index is 0.892. The van der Waals surface area contributed by atoms with E-state index in [0.29, 0.717) is 38.5 Å². The van der Waals surface area contributed by atoms with E-state index in [2.05, 4.69) is 19.9 Å². The van der Waals surface area contributed by atoms with Crippen LogP contribution in [0, 0.1) is 40.4 Å². The van der Waals surface area contributed by atoms with E-state index in [0.717, 1.165) is 5.57 Å². The van der Waals surface area contributed by atoms with Crippen LogP contribution >= 0.6 is 0 Å². The van der Waals surface area contributed by atoms with E-state index in [4.69, 9.17) is 61.0 Å². The molecule has 0 aromatic heterocycles. The number of ether oxygens (including phenoxy) is 12. The molecule has 6 saturated heterocycles. The third kappa shape index (κ3) is 15.2. The predicted molar refractivity (Wildman–Crippen MR) is 318 cm³/mol. The van der Waals surface area contributed by atoms with E-state index in [9.17, 15) is 99.5 Å². The van der Waals surface area contributed by atoms with Crippen LogP contribution in [0.4, 0.5) is 0 Å². The van der Waals surface area contributed by atoms with Crippen LogP contribution in [-0.2, 0) is 76.2 Å². The molecule has 10 aliphatic rings. The Bertz CT molecular complexity index is 2750. The van der Waals surface area contributed by atoms with Gasteiger partial charge in [-0.3, -0.25) is 9.35 Å². The Labute approximate surface area is 555 Å². The average molecular weight is 1410 g/mol. The van der Waals surface area contributed by atoms with Crippen molar-refractivity contribution in [2.24, 2.45) is 40.4 Å². The van der Waals surface area contributed by atoms with E-state index < -0.39 is 243 Å². The molecule has 0 radical (unpaired) electrons. The number of carbonyl (C=O) groups excluding carboxylic acids is 1. The summed E-state index contributed by atoms with van der Waals surface area (Å²) in [6.07, 6.45) is -48.1. The molecule has 4 aliphatic carbocycles. The molecular weight excluding hydrogens is 1300 g/mol. The topological polar surface area (TPSA) is 515 Å². The fourth-order valence-corrected chi connectivity index (χ4v) is 17.8. The van der Waals surface area contributed by atoms with Gasteiger partial charge in [0.1, 0.15) is 128 Å². The van der Waals surface area contributed by atoms with E-state index in [1.165, 1.54) is 20.8 Å². The standard InChI is InChI=1S/C62H102O33S/c1-22(2)15-26(65)18-62(8,79)36-10-9-29-28-17-32(31-16-27(95-96(80,81)82)11-13-60(31,6)30(28)12-14-61(29,36)7)87-57-49(78)51(38(67)24(4)85-57)92-58-52(93-54-46(75)42(71)37(66)23(3)84-54)41(70)35(21-83-58)90-59-53(44(73)40(69)34(20-64)89-59)94-55-48(77)45(74)50(25(5)86-55)91-56-47(76)43(72)39(68)33(19-63)88-56/h12,22-25,27-29,31-59,63-64,66-79H,9-11,13-21H2,1-8H3,(H,80,81,82)/t23-,24-,25-,27+,28+,29+,31-,32+,33-,34-,35-,36+,37-,38-,39+,40+,41+,42+,43+,44+,45-,46-,47-,48-,49-,50+,51+,52-,53-,54+,55+,56+,57+,58+,59+,60-,61+,62-/m1/s1. The maximum atomic E-state index is 13.3. The molecule has 0 amide bonds. The van der Waals surface area contributed by atoms with Crippen LogP contribution in [0.2, 0.25) is 0 Å². The summed E-state index contributed by atoms with van der Waals surface area (Å²) < 4.78 is 112. The minimum Gasteiger partial charge on any atom is -0.394 e. The minimum absolute atomic E-state index is 0.00759. The highest BCUT2D eigenvalue weighted by atomic mass is 32.3. The largest absolute Gasteiger partial charge is 0.397 e. The van der Waals surface area contributed by atoms with Gasteiger partial charge in [-0.2, -0.15) is 8.42 Å². The van der Waals surface area contributed by atoms with E-state index >= 15 is 0 Å². The smallest absolute Gasteiger partial charge is 0.394 e. The first kappa shape index (κ1) is 76.8. The van der Waals surface area contributed by atoms with Crippen LogP contribution in [0.3, 0.4) is 0 Å². The van der Waals surface area contributed by atoms with Crippen LogP contribution in [0.15, 0.2) is 11.6 Å². The predicted octanol–water partition coefficient (Wildman–Crippen LogP) is -4.85. The second-order valence-corrected chi connectivity index (χ2v) is 30.5. The molecule has 38 atom stereocenters. The molecule has 0 unspecified atom stereocenters. The Morgan fingerprint density at radius 1 is 0.573 bits per heavy atom. The molecule has 0 aromatic rings. The SMILES string of the molecule is CC(C)CC(=O)C[C@@](C)(O)[C@H]1CC[C@H]2[C@@H]3C[C@H](O[C@@H]4O[C@H](C)[C@@H](O)[C@H](O[C@@H]5OC[C@@H](O[C@@H]6O[C@H](CO)[C@H](O)[C@H](O)[C@H]6O[C@@H]6O[C@H](C)[C@H](O[C@@H]7O[C@H](CO)[C@H](O)[C@H](O)[C@H]7O)[C@H](O)[C@H]6O)[C@H](O)[C@H]5O[C@@H]5O[C@H](C)[C@@H](O)[C@H](O)[C@H]5O)[C@H]4O)[C@H]4C[C@@H](OS(=O)(=O)O)CC[C@]4(C)C3=CC[C@@]21C. The third-order valence-corrected chi connectivity index (χ3v) is 22.9. The van der Waals surface area contributed by atoms with Gasteiger partial charge in [0.05, 0.1) is 55.9 Å². The second-order valence-electron chi connectivity index (χ2n) is 29.5. The van der Waals surface area contributed by atoms with Crippen LogP contribution in [0.1, 0.15) is 113 Å². The molecule has 9 fully saturated rings. The highest BCUT2D eigenvalue weighted by Gasteiger charge is 2.64. The first-order valence-corrected chi connectivity index (χ1v) is 34.8. The molecule has 33 nitrogen and oxygen atoms in total. The molecule has 3 saturated carbocycles. The molecular formula is C62H102O33S. The molecule has 96 heavy (non-hydrogen) atoms. The number of hydrogen-bond acceptors (Lipinski definition) is 32. The zero-order chi connectivity index (χ0) is 70.3. The van der Waals surface area contributed by atoms with Gasteiger partial charge in [-0.25, -0.2) is 4.18 Å². The maximum Gasteiger partial charge on any atom is 0.397 e. The van der Waals surface area contributed by atoms with Crippen LogP contribution < -0.4 is 0 Å². The fourth-order valence-electron chi connectivity index (χ4n) is 17.3. The van der Waals surface area contributed by atoms with Gasteiger partial charge in [0.2, 0.25) is 0 Å². The van der Waals surface area contributed by atoms with Gasteiger partial charge in [-0.05, 0) is 113 Å². The summed E-state index contributed by atoms with van der Waals surface area (Å²) in [5, 5.41) is 179. The van der Waals surface area contributed by atoms with Crippen molar-refractivity contribution < 1.29 is 160 Å². The van der Waals surface area contributed by atoms with Crippen LogP contribution in [-0.4, -0.2) is 316 Å². The Morgan fingerprint density at radius 2 is 1.08 bits per heavy atom. The number of aliphatic hydroxyl groups is 16. The molecule has 0 spiro atoms. The summed E-state index contributed by atoms with van der Waals surface area (Å²) in [4.78, 5) is 13.3. The summed E-state index contributed by atoms with van der Waals surface area (Å²) in [5.41, 5.74) is -1.36. The number of Topliss-reactive ketones (excluding diaryl/α,β-unsaturated/α-hetero) is 1. The lowest BCUT2D eigenvalue weighted by Gasteiger charge is -2.60. The van der Waals surface area contributed by atoms with Gasteiger partial charge in [0, 0.05) is 12.8 Å². The monoisotopic (exact) mass is 1410 g/mol. The zero-order valence-electron chi connectivity index (χ0n) is 54.9. The third-order valence-electron chi connectivity index (χ3n) is 22.4. The molecule has 554 valence electrons. The lowest BCUT2D eigenvalue weighted by Crippen LogP contribution is -2.67. The number of aliphatic hydroxyl groups excluding tert-OH is 15. The number of carbonyl (C=O) groups is 1. The number of ketones is 1.